The number of carbonyl (C=O) groups excluding carboxylic acids is 2. The Kier molecular flexibility index (Phi) is 10.6. The van der Waals surface area contributed by atoms with Gasteiger partial charge in [-0.2, -0.15) is 0 Å². The van der Waals surface area contributed by atoms with E-state index in [1.807, 2.05) is 20.8 Å². The van der Waals surface area contributed by atoms with Crippen LogP contribution in [0.4, 0.5) is 5.69 Å². The number of aryl methyl sites for hydroxylation is 2. The number of hydrogen-bond donors (Lipinski definition) is 1. The van der Waals surface area contributed by atoms with Gasteiger partial charge in [0.2, 0.25) is 11.8 Å². The molecule has 1 N–H and O–H groups in total. The zero-order chi connectivity index (χ0) is 29.6. The largest absolute Gasteiger partial charge is 0.352 e. The molecule has 0 fully saturated rings. The monoisotopic (exact) mass is 603 g/mol. The first kappa shape index (κ1) is 31.5. The minimum absolute atomic E-state index is 0.0390. The predicted molar refractivity (Wildman–Crippen MR) is 161 cm³/mol. The van der Waals surface area contributed by atoms with Crippen molar-refractivity contribution >= 4 is 50.7 Å². The SMILES string of the molecule is CCC(C)NC(=O)C(C)N(Cc1ccc(Cl)cc1)C(=O)CN(c1cc(Cl)ccc1C)S(=O)(=O)c1ccc(C)cc1. The number of benzene rings is 3. The number of sulfonamides is 1. The van der Waals surface area contributed by atoms with Gasteiger partial charge in [-0.25, -0.2) is 8.42 Å². The fraction of sp³-hybridized carbons (Fsp3) is 0.333. The van der Waals surface area contributed by atoms with Gasteiger partial charge in [0.25, 0.3) is 10.0 Å². The van der Waals surface area contributed by atoms with Gasteiger partial charge in [-0.05, 0) is 81.6 Å². The molecule has 0 aliphatic rings. The van der Waals surface area contributed by atoms with Crippen LogP contribution < -0.4 is 9.62 Å². The van der Waals surface area contributed by atoms with Gasteiger partial charge in [-0.1, -0.05) is 66.0 Å². The van der Waals surface area contributed by atoms with E-state index in [2.05, 4.69) is 5.32 Å². The third kappa shape index (κ3) is 7.77. The van der Waals surface area contributed by atoms with Crippen molar-refractivity contribution in [2.45, 2.75) is 64.6 Å². The van der Waals surface area contributed by atoms with Crippen LogP contribution in [0, 0.1) is 13.8 Å². The summed E-state index contributed by atoms with van der Waals surface area (Å²) < 4.78 is 29.0. The van der Waals surface area contributed by atoms with E-state index in [4.69, 9.17) is 23.2 Å². The van der Waals surface area contributed by atoms with Crippen LogP contribution >= 0.6 is 23.2 Å². The molecule has 0 radical (unpaired) electrons. The normalized spacial score (nSPS) is 12.9. The Hall–Kier alpha value is -3.07. The van der Waals surface area contributed by atoms with Gasteiger partial charge >= 0.3 is 0 Å². The summed E-state index contributed by atoms with van der Waals surface area (Å²) in [6, 6.07) is 17.3. The minimum Gasteiger partial charge on any atom is -0.352 e. The van der Waals surface area contributed by atoms with Crippen LogP contribution in [0.15, 0.2) is 71.6 Å². The zero-order valence-corrected chi connectivity index (χ0v) is 25.6. The number of halogens is 2. The molecule has 0 saturated carbocycles. The van der Waals surface area contributed by atoms with E-state index in [-0.39, 0.29) is 29.1 Å². The van der Waals surface area contributed by atoms with E-state index in [1.165, 1.54) is 23.1 Å². The average molecular weight is 605 g/mol. The van der Waals surface area contributed by atoms with E-state index in [9.17, 15) is 18.0 Å². The van der Waals surface area contributed by atoms with Crippen molar-refractivity contribution in [2.75, 3.05) is 10.8 Å². The summed E-state index contributed by atoms with van der Waals surface area (Å²) in [5.41, 5.74) is 2.55. The molecular weight excluding hydrogens is 569 g/mol. The molecule has 0 heterocycles. The first-order chi connectivity index (χ1) is 18.8. The number of nitrogens with one attached hydrogen (secondary N) is 1. The van der Waals surface area contributed by atoms with Gasteiger partial charge in [0.05, 0.1) is 10.6 Å². The predicted octanol–water partition coefficient (Wildman–Crippen LogP) is 6.14. The summed E-state index contributed by atoms with van der Waals surface area (Å²) in [6.45, 7) is 8.63. The molecule has 2 atom stereocenters. The van der Waals surface area contributed by atoms with Gasteiger partial charge in [-0.15, -0.1) is 0 Å². The minimum atomic E-state index is -4.18. The molecule has 3 aromatic rings. The van der Waals surface area contributed by atoms with Crippen LogP contribution in [0.3, 0.4) is 0 Å². The number of rotatable bonds is 11. The molecule has 0 aliphatic heterocycles. The highest BCUT2D eigenvalue weighted by Crippen LogP contribution is 2.30. The van der Waals surface area contributed by atoms with E-state index in [0.29, 0.717) is 15.6 Å². The quantitative estimate of drug-likeness (QED) is 0.285. The number of amides is 2. The highest BCUT2D eigenvalue weighted by Gasteiger charge is 2.33. The summed E-state index contributed by atoms with van der Waals surface area (Å²) in [5, 5.41) is 3.79. The van der Waals surface area contributed by atoms with Crippen molar-refractivity contribution in [1.29, 1.82) is 0 Å². The second-order valence-electron chi connectivity index (χ2n) is 9.90. The van der Waals surface area contributed by atoms with E-state index in [0.717, 1.165) is 21.9 Å². The van der Waals surface area contributed by atoms with E-state index in [1.54, 1.807) is 62.4 Å². The Morgan fingerprint density at radius 3 is 2.10 bits per heavy atom. The Bertz CT molecular complexity index is 1440. The third-order valence-corrected chi connectivity index (χ3v) is 9.02. The van der Waals surface area contributed by atoms with Gasteiger partial charge in [0.1, 0.15) is 12.6 Å². The van der Waals surface area contributed by atoms with Gasteiger partial charge in [0.15, 0.2) is 0 Å². The second kappa shape index (κ2) is 13.5. The standard InChI is InChI=1S/C30H35Cl2N3O4S/c1-6-22(4)33-30(37)23(5)34(18-24-10-13-25(31)14-11-24)29(36)19-35(28-17-26(32)12-9-21(28)3)40(38,39)27-15-7-20(2)8-16-27/h7-17,22-23H,6,18-19H2,1-5H3,(H,33,37). The Morgan fingerprint density at radius 2 is 1.50 bits per heavy atom. The van der Waals surface area contributed by atoms with Crippen molar-refractivity contribution < 1.29 is 18.0 Å². The first-order valence-corrected chi connectivity index (χ1v) is 15.2. The summed E-state index contributed by atoms with van der Waals surface area (Å²) >= 11 is 12.3. The van der Waals surface area contributed by atoms with Crippen LogP contribution in [0.2, 0.25) is 10.0 Å². The number of hydrogen-bond acceptors (Lipinski definition) is 4. The molecule has 3 aromatic carbocycles. The molecule has 7 nitrogen and oxygen atoms in total. The fourth-order valence-electron chi connectivity index (χ4n) is 4.04. The van der Waals surface area contributed by atoms with Crippen LogP contribution in [0.5, 0.6) is 0 Å². The molecule has 0 bridgehead atoms. The lowest BCUT2D eigenvalue weighted by Gasteiger charge is -2.33. The Balaban J connectivity index is 2.06. The molecule has 0 saturated heterocycles. The molecule has 0 spiro atoms. The second-order valence-corrected chi connectivity index (χ2v) is 12.6. The van der Waals surface area contributed by atoms with Gasteiger partial charge in [-0.3, -0.25) is 13.9 Å². The molecule has 0 aliphatic carbocycles. The van der Waals surface area contributed by atoms with Crippen molar-refractivity contribution in [1.82, 2.24) is 10.2 Å². The molecule has 0 aromatic heterocycles. The average Bonchev–Trinajstić information content (AvgIpc) is 2.92. The maximum absolute atomic E-state index is 14.0. The molecule has 10 heteroatoms. The lowest BCUT2D eigenvalue weighted by Crippen LogP contribution is -2.52. The summed E-state index contributed by atoms with van der Waals surface area (Å²) in [6.07, 6.45) is 0.722. The lowest BCUT2D eigenvalue weighted by molar-refractivity contribution is -0.139. The molecule has 2 amide bonds. The molecular formula is C30H35Cl2N3O4S. The molecule has 3 rings (SSSR count). The fourth-order valence-corrected chi connectivity index (χ4v) is 5.80. The molecule has 40 heavy (non-hydrogen) atoms. The number of anilines is 1. The summed E-state index contributed by atoms with van der Waals surface area (Å²) in [7, 11) is -4.18. The highest BCUT2D eigenvalue weighted by molar-refractivity contribution is 7.92. The topological polar surface area (TPSA) is 86.8 Å². The van der Waals surface area contributed by atoms with Gasteiger partial charge in [0, 0.05) is 22.6 Å². The Morgan fingerprint density at radius 1 is 0.900 bits per heavy atom. The first-order valence-electron chi connectivity index (χ1n) is 13.0. The van der Waals surface area contributed by atoms with Crippen molar-refractivity contribution in [3.05, 3.63) is 93.5 Å². The molecule has 2 unspecified atom stereocenters. The maximum atomic E-state index is 14.0. The van der Waals surface area contributed by atoms with Crippen LogP contribution in [-0.2, 0) is 26.2 Å². The highest BCUT2D eigenvalue weighted by atomic mass is 35.5. The van der Waals surface area contributed by atoms with Gasteiger partial charge < -0.3 is 10.2 Å². The van der Waals surface area contributed by atoms with Crippen LogP contribution in [0.25, 0.3) is 0 Å². The smallest absolute Gasteiger partial charge is 0.264 e. The number of nitrogens with zero attached hydrogens (tertiary/aromatic N) is 2. The van der Waals surface area contributed by atoms with E-state index < -0.39 is 28.5 Å². The van der Waals surface area contributed by atoms with Crippen LogP contribution in [0.1, 0.15) is 43.9 Å². The van der Waals surface area contributed by atoms with Crippen molar-refractivity contribution in [3.63, 3.8) is 0 Å². The maximum Gasteiger partial charge on any atom is 0.264 e. The number of carbonyl (C=O) groups is 2. The summed E-state index contributed by atoms with van der Waals surface area (Å²) in [5.74, 6) is -0.875. The zero-order valence-electron chi connectivity index (χ0n) is 23.3. The third-order valence-electron chi connectivity index (χ3n) is 6.76. The molecule has 214 valence electrons. The summed E-state index contributed by atoms with van der Waals surface area (Å²) in [4.78, 5) is 28.6. The van der Waals surface area contributed by atoms with Crippen LogP contribution in [-0.4, -0.2) is 43.8 Å². The van der Waals surface area contributed by atoms with E-state index >= 15 is 0 Å². The Labute approximate surface area is 247 Å². The van der Waals surface area contributed by atoms with Crippen molar-refractivity contribution in [2.24, 2.45) is 0 Å². The lowest BCUT2D eigenvalue weighted by atomic mass is 10.1. The van der Waals surface area contributed by atoms with Crippen molar-refractivity contribution in [3.8, 4) is 0 Å².